The van der Waals surface area contributed by atoms with E-state index in [1.54, 1.807) is 24.3 Å². The van der Waals surface area contributed by atoms with E-state index >= 15 is 0 Å². The van der Waals surface area contributed by atoms with Crippen LogP contribution in [0.15, 0.2) is 70.5 Å². The van der Waals surface area contributed by atoms with Crippen molar-refractivity contribution in [1.82, 2.24) is 4.90 Å². The highest BCUT2D eigenvalue weighted by Crippen LogP contribution is 2.35. The summed E-state index contributed by atoms with van der Waals surface area (Å²) >= 11 is 0. The molecule has 0 radical (unpaired) electrons. The van der Waals surface area contributed by atoms with Crippen molar-refractivity contribution in [2.45, 2.75) is 26.7 Å². The zero-order valence-electron chi connectivity index (χ0n) is 20.5. The Morgan fingerprint density at radius 2 is 1.80 bits per heavy atom. The van der Waals surface area contributed by atoms with Gasteiger partial charge in [0.1, 0.15) is 0 Å². The smallest absolute Gasteiger partial charge is 0.337 e. The number of allylic oxidation sites excluding steroid dienone is 2. The van der Waals surface area contributed by atoms with Crippen LogP contribution in [0.1, 0.15) is 42.6 Å². The molecular weight excluding hydrogens is 440 g/mol. The van der Waals surface area contributed by atoms with Gasteiger partial charge in [-0.2, -0.15) is 5.10 Å². The molecule has 2 N–H and O–H groups in total. The van der Waals surface area contributed by atoms with Crippen LogP contribution in [0.3, 0.4) is 0 Å². The van der Waals surface area contributed by atoms with Crippen molar-refractivity contribution in [3.63, 3.8) is 0 Å². The zero-order chi connectivity index (χ0) is 24.6. The number of ether oxygens (including phenoxy) is 1. The van der Waals surface area contributed by atoms with Crippen LogP contribution >= 0.6 is 0 Å². The molecule has 0 bridgehead atoms. The second kappa shape index (κ2) is 11.7. The van der Waals surface area contributed by atoms with E-state index in [2.05, 4.69) is 64.5 Å². The van der Waals surface area contributed by atoms with Gasteiger partial charge in [-0.15, -0.1) is 0 Å². The van der Waals surface area contributed by atoms with Gasteiger partial charge in [0.15, 0.2) is 0 Å². The van der Waals surface area contributed by atoms with Gasteiger partial charge >= 0.3 is 5.97 Å². The van der Waals surface area contributed by atoms with Crippen molar-refractivity contribution < 1.29 is 14.6 Å². The van der Waals surface area contributed by atoms with Crippen LogP contribution in [0.2, 0.25) is 0 Å². The number of benzene rings is 2. The predicted molar refractivity (Wildman–Crippen MR) is 142 cm³/mol. The summed E-state index contributed by atoms with van der Waals surface area (Å²) in [5.41, 5.74) is 9.71. The van der Waals surface area contributed by atoms with Crippen molar-refractivity contribution in [2.75, 3.05) is 49.7 Å². The summed E-state index contributed by atoms with van der Waals surface area (Å²) < 4.78 is 5.59. The fraction of sp³-hybridized carbons (Fsp3) is 0.357. The van der Waals surface area contributed by atoms with Gasteiger partial charge in [-0.25, -0.2) is 4.79 Å². The number of nitrogens with one attached hydrogen (secondary N) is 1. The lowest BCUT2D eigenvalue weighted by Gasteiger charge is -2.31. The Labute approximate surface area is 207 Å². The number of anilines is 2. The topological polar surface area (TPSA) is 77.4 Å². The number of carboxylic acids is 1. The van der Waals surface area contributed by atoms with Crippen LogP contribution in [0.4, 0.5) is 11.4 Å². The molecule has 0 spiro atoms. The molecule has 2 aromatic rings. The molecular formula is C28H34N4O3. The molecule has 1 heterocycles. The van der Waals surface area contributed by atoms with Crippen LogP contribution in [-0.2, 0) is 4.74 Å². The molecule has 1 saturated heterocycles. The van der Waals surface area contributed by atoms with E-state index in [1.165, 1.54) is 22.5 Å². The van der Waals surface area contributed by atoms with E-state index in [0.717, 1.165) is 44.6 Å². The summed E-state index contributed by atoms with van der Waals surface area (Å²) in [6.45, 7) is 9.46. The third-order valence-electron chi connectivity index (χ3n) is 6.52. The molecule has 1 aliphatic carbocycles. The molecule has 2 aliphatic rings. The summed E-state index contributed by atoms with van der Waals surface area (Å²) in [6, 6.07) is 15.6. The molecule has 4 rings (SSSR count). The number of nitrogens with zero attached hydrogens (tertiary/aromatic N) is 3. The molecule has 184 valence electrons. The van der Waals surface area contributed by atoms with Gasteiger partial charge in [-0.1, -0.05) is 24.3 Å². The first-order valence-corrected chi connectivity index (χ1v) is 12.3. The molecule has 1 aliphatic heterocycles. The Balaban J connectivity index is 1.59. The zero-order valence-corrected chi connectivity index (χ0v) is 20.5. The minimum Gasteiger partial charge on any atom is -0.478 e. The van der Waals surface area contributed by atoms with Gasteiger partial charge in [0, 0.05) is 37.6 Å². The average Bonchev–Trinajstić information content (AvgIpc) is 3.28. The van der Waals surface area contributed by atoms with E-state index < -0.39 is 5.97 Å². The highest BCUT2D eigenvalue weighted by atomic mass is 16.5. The minimum absolute atomic E-state index is 0.201. The second-order valence-corrected chi connectivity index (χ2v) is 8.63. The molecule has 7 nitrogen and oxygen atoms in total. The van der Waals surface area contributed by atoms with Crippen LogP contribution in [-0.4, -0.2) is 61.6 Å². The lowest BCUT2D eigenvalue weighted by molar-refractivity contribution is 0.0548. The number of hydrogen-bond acceptors (Lipinski definition) is 6. The Hall–Kier alpha value is -3.58. The number of hydrogen-bond donors (Lipinski definition) is 2. The van der Waals surface area contributed by atoms with Gasteiger partial charge in [0.25, 0.3) is 0 Å². The molecule has 35 heavy (non-hydrogen) atoms. The molecule has 0 atom stereocenters. The normalized spacial score (nSPS) is 17.4. The van der Waals surface area contributed by atoms with E-state index in [4.69, 9.17) is 4.74 Å². The number of aromatic carboxylic acids is 1. The quantitative estimate of drug-likeness (QED) is 0.389. The minimum atomic E-state index is -0.977. The molecule has 7 heteroatoms. The van der Waals surface area contributed by atoms with Crippen LogP contribution in [0.5, 0.6) is 0 Å². The van der Waals surface area contributed by atoms with Crippen LogP contribution in [0.25, 0.3) is 6.08 Å². The molecule has 0 saturated carbocycles. The third kappa shape index (κ3) is 5.92. The third-order valence-corrected chi connectivity index (χ3v) is 6.52. The lowest BCUT2D eigenvalue weighted by atomic mass is 10.1. The Kier molecular flexibility index (Phi) is 8.21. The first-order chi connectivity index (χ1) is 17.1. The first-order valence-electron chi connectivity index (χ1n) is 12.3. The maximum Gasteiger partial charge on any atom is 0.337 e. The fourth-order valence-corrected chi connectivity index (χ4v) is 4.69. The second-order valence-electron chi connectivity index (χ2n) is 8.63. The molecule has 0 aromatic heterocycles. The molecule has 2 aromatic carbocycles. The van der Waals surface area contributed by atoms with Gasteiger partial charge in [-0.05, 0) is 73.7 Å². The largest absolute Gasteiger partial charge is 0.478 e. The molecule has 1 fully saturated rings. The predicted octanol–water partition coefficient (Wildman–Crippen LogP) is 5.09. The van der Waals surface area contributed by atoms with E-state index in [9.17, 15) is 9.90 Å². The van der Waals surface area contributed by atoms with Crippen LogP contribution < -0.4 is 10.3 Å². The Bertz CT molecular complexity index is 1110. The summed E-state index contributed by atoms with van der Waals surface area (Å²) in [6.07, 6.45) is 5.96. The maximum atomic E-state index is 11.5. The van der Waals surface area contributed by atoms with Crippen molar-refractivity contribution in [3.8, 4) is 0 Å². The van der Waals surface area contributed by atoms with Gasteiger partial charge in [0.2, 0.25) is 0 Å². The number of para-hydroxylation sites is 1. The lowest BCUT2D eigenvalue weighted by Crippen LogP contribution is -2.36. The number of hydrazone groups is 1. The van der Waals surface area contributed by atoms with Gasteiger partial charge in [-0.3, -0.25) is 5.43 Å². The van der Waals surface area contributed by atoms with Gasteiger partial charge in [0.05, 0.1) is 30.7 Å². The molecule has 0 amide bonds. The summed E-state index contributed by atoms with van der Waals surface area (Å²) in [5, 5.41) is 13.8. The number of carboxylic acid groups (broad SMARTS) is 1. The average molecular weight is 475 g/mol. The number of carbonyl (C=O) groups is 1. The first kappa shape index (κ1) is 24.5. The van der Waals surface area contributed by atoms with Gasteiger partial charge < -0.3 is 19.6 Å². The van der Waals surface area contributed by atoms with Crippen molar-refractivity contribution >= 4 is 29.6 Å². The SMILES string of the molecule is CCN(CC)c1ccc(/C=C2\CCC(/C=N\Nc3ccccc3C(=O)O)=C2N2CCOCC2)cc1. The van der Waals surface area contributed by atoms with Crippen molar-refractivity contribution in [2.24, 2.45) is 5.10 Å². The summed E-state index contributed by atoms with van der Waals surface area (Å²) in [5.74, 6) is -0.977. The standard InChI is InChI=1S/C28H34N4O3/c1-3-31(4-2)24-13-9-21(10-14-24)19-22-11-12-23(27(22)32-15-17-35-18-16-32)20-29-30-26-8-6-5-7-25(26)28(33)34/h5-10,13-14,19-20,30H,3-4,11-12,15-18H2,1-2H3,(H,33,34)/b22-19+,29-20-. The summed E-state index contributed by atoms with van der Waals surface area (Å²) in [7, 11) is 0. The Morgan fingerprint density at radius 3 is 2.49 bits per heavy atom. The number of morpholine rings is 1. The van der Waals surface area contributed by atoms with Crippen molar-refractivity contribution in [1.29, 1.82) is 0 Å². The highest BCUT2D eigenvalue weighted by molar-refractivity contribution is 5.94. The van der Waals surface area contributed by atoms with E-state index in [1.807, 2.05) is 6.21 Å². The van der Waals surface area contributed by atoms with Crippen molar-refractivity contribution in [3.05, 3.63) is 76.5 Å². The van der Waals surface area contributed by atoms with E-state index in [0.29, 0.717) is 18.9 Å². The maximum absolute atomic E-state index is 11.5. The monoisotopic (exact) mass is 474 g/mol. The fourth-order valence-electron chi connectivity index (χ4n) is 4.69. The summed E-state index contributed by atoms with van der Waals surface area (Å²) in [4.78, 5) is 16.2. The number of rotatable bonds is 9. The molecule has 0 unspecified atom stereocenters. The van der Waals surface area contributed by atoms with Crippen LogP contribution in [0, 0.1) is 0 Å². The Morgan fingerprint density at radius 1 is 1.09 bits per heavy atom. The van der Waals surface area contributed by atoms with E-state index in [-0.39, 0.29) is 5.56 Å². The highest BCUT2D eigenvalue weighted by Gasteiger charge is 2.25.